The van der Waals surface area contributed by atoms with Gasteiger partial charge in [-0.2, -0.15) is 0 Å². The summed E-state index contributed by atoms with van der Waals surface area (Å²) in [6.45, 7) is 47.6. The maximum Gasteiger partial charge on any atom is -0.0386 e. The lowest BCUT2D eigenvalue weighted by Crippen LogP contribution is -2.37. The first-order valence-corrected chi connectivity index (χ1v) is 16.3. The molecule has 0 bridgehead atoms. The lowest BCUT2D eigenvalue weighted by atomic mass is 9.62. The van der Waals surface area contributed by atoms with Crippen LogP contribution < -0.4 is 0 Å². The predicted octanol–water partition coefficient (Wildman–Crippen LogP) is 11.8. The SMILES string of the molecule is CC(C)C(C)C(C)C(C)C(C)C(C)C(C)C(C)C(C)C(C)C(C)C(C)C(C)C(C)C(C)C(C)C(C)C. The van der Waals surface area contributed by atoms with Crippen molar-refractivity contribution < 1.29 is 0 Å². The van der Waals surface area contributed by atoms with Crippen LogP contribution in [0, 0.1) is 101 Å². The fourth-order valence-corrected chi connectivity index (χ4v) is 7.44. The highest BCUT2D eigenvalue weighted by Crippen LogP contribution is 2.44. The van der Waals surface area contributed by atoms with Gasteiger partial charge in [-0.05, 0) is 101 Å². The van der Waals surface area contributed by atoms with Crippen LogP contribution in [0.2, 0.25) is 0 Å². The molecule has 0 aliphatic carbocycles. The van der Waals surface area contributed by atoms with Crippen molar-refractivity contribution in [3.63, 3.8) is 0 Å². The van der Waals surface area contributed by atoms with E-state index in [1.165, 1.54) is 0 Å². The molecule has 0 rings (SSSR count). The first kappa shape index (κ1) is 36.0. The Morgan fingerprint density at radius 3 is 0.306 bits per heavy atom. The van der Waals surface area contributed by atoms with Crippen molar-refractivity contribution in [1.82, 2.24) is 0 Å². The molecule has 0 aliphatic heterocycles. The summed E-state index contributed by atoms with van der Waals surface area (Å²) < 4.78 is 0. The van der Waals surface area contributed by atoms with Gasteiger partial charge in [0.05, 0.1) is 0 Å². The summed E-state index contributed by atoms with van der Waals surface area (Å²) in [6, 6.07) is 0. The van der Waals surface area contributed by atoms with Crippen LogP contribution in [0.25, 0.3) is 0 Å². The molecule has 0 radical (unpaired) electrons. The van der Waals surface area contributed by atoms with Gasteiger partial charge in [0, 0.05) is 0 Å². The van der Waals surface area contributed by atoms with Gasteiger partial charge in [-0.15, -0.1) is 0 Å². The van der Waals surface area contributed by atoms with E-state index in [0.29, 0.717) is 0 Å². The van der Waals surface area contributed by atoms with Crippen molar-refractivity contribution in [2.45, 2.75) is 132 Å². The van der Waals surface area contributed by atoms with Crippen LogP contribution in [0.4, 0.5) is 0 Å². The van der Waals surface area contributed by atoms with Crippen LogP contribution in [0.3, 0.4) is 0 Å². The van der Waals surface area contributed by atoms with E-state index in [1.807, 2.05) is 0 Å². The van der Waals surface area contributed by atoms with E-state index in [0.717, 1.165) is 101 Å². The quantitative estimate of drug-likeness (QED) is 0.195. The normalized spacial score (nSPS) is 25.6. The average Bonchev–Trinajstić information content (AvgIpc) is 2.85. The zero-order valence-corrected chi connectivity index (χ0v) is 28.8. The van der Waals surface area contributed by atoms with Crippen molar-refractivity contribution in [2.24, 2.45) is 101 Å². The summed E-state index contributed by atoms with van der Waals surface area (Å²) in [5, 5.41) is 0. The zero-order valence-electron chi connectivity index (χ0n) is 28.8. The van der Waals surface area contributed by atoms with Gasteiger partial charge in [-0.3, -0.25) is 0 Å². The molecule has 0 heterocycles. The predicted molar refractivity (Wildman–Crippen MR) is 167 cm³/mol. The summed E-state index contributed by atoms with van der Waals surface area (Å²) in [5.41, 5.74) is 0. The largest absolute Gasteiger partial charge is 0.0625 e. The molecule has 0 N–H and O–H groups in total. The van der Waals surface area contributed by atoms with Gasteiger partial charge >= 0.3 is 0 Å². The van der Waals surface area contributed by atoms with E-state index in [1.54, 1.807) is 0 Å². The van der Waals surface area contributed by atoms with Crippen molar-refractivity contribution in [3.05, 3.63) is 0 Å². The monoisotopic (exact) mass is 507 g/mol. The molecular formula is C36H74. The summed E-state index contributed by atoms with van der Waals surface area (Å²) in [6.07, 6.45) is 0. The lowest BCUT2D eigenvalue weighted by molar-refractivity contribution is 0.0528. The Kier molecular flexibility index (Phi) is 15.6. The number of rotatable bonds is 16. The minimum absolute atomic E-state index is 0.754. The van der Waals surface area contributed by atoms with Gasteiger partial charge < -0.3 is 0 Å². The fraction of sp³-hybridized carbons (Fsp3) is 1.00. The molecule has 0 aromatic rings. The van der Waals surface area contributed by atoms with E-state index in [4.69, 9.17) is 0 Å². The third-order valence-corrected chi connectivity index (χ3v) is 13.7. The fourth-order valence-electron chi connectivity index (χ4n) is 7.44. The van der Waals surface area contributed by atoms with Crippen molar-refractivity contribution in [2.75, 3.05) is 0 Å². The molecule has 0 heteroatoms. The van der Waals surface area contributed by atoms with Crippen LogP contribution in [-0.2, 0) is 0 Å². The standard InChI is InChI=1S/C36H74/c1-20(2)22(5)24(7)26(9)28(11)30(13)32(15)34(17)36(19)35(18)33(16)31(14)29(12)27(10)25(8)23(6)21(3)4/h20-36H,1-19H3. The molecule has 0 fully saturated rings. The van der Waals surface area contributed by atoms with Gasteiger partial charge in [-0.1, -0.05) is 132 Å². The summed E-state index contributed by atoms with van der Waals surface area (Å²) in [5.74, 6) is 13.1. The van der Waals surface area contributed by atoms with Crippen molar-refractivity contribution in [3.8, 4) is 0 Å². The van der Waals surface area contributed by atoms with Crippen molar-refractivity contribution >= 4 is 0 Å². The Hall–Kier alpha value is 0. The molecular weight excluding hydrogens is 432 g/mol. The second kappa shape index (κ2) is 15.6. The first-order valence-electron chi connectivity index (χ1n) is 16.3. The van der Waals surface area contributed by atoms with E-state index < -0.39 is 0 Å². The maximum absolute atomic E-state index is 2.57. The van der Waals surface area contributed by atoms with E-state index >= 15 is 0 Å². The Balaban J connectivity index is 5.33. The summed E-state index contributed by atoms with van der Waals surface area (Å²) >= 11 is 0. The maximum atomic E-state index is 2.57. The minimum Gasteiger partial charge on any atom is -0.0625 e. The highest BCUT2D eigenvalue weighted by Gasteiger charge is 2.37. The Bertz CT molecular complexity index is 525. The van der Waals surface area contributed by atoms with Gasteiger partial charge in [0.1, 0.15) is 0 Å². The van der Waals surface area contributed by atoms with Crippen LogP contribution >= 0.6 is 0 Å². The van der Waals surface area contributed by atoms with E-state index in [2.05, 4.69) is 132 Å². The molecule has 14 atom stereocenters. The summed E-state index contributed by atoms with van der Waals surface area (Å²) in [4.78, 5) is 0. The second-order valence-electron chi connectivity index (χ2n) is 15.4. The van der Waals surface area contributed by atoms with Gasteiger partial charge in [-0.25, -0.2) is 0 Å². The molecule has 0 saturated carbocycles. The molecule has 0 spiro atoms. The van der Waals surface area contributed by atoms with Gasteiger partial charge in [0.15, 0.2) is 0 Å². The molecule has 0 aromatic carbocycles. The summed E-state index contributed by atoms with van der Waals surface area (Å²) in [7, 11) is 0. The van der Waals surface area contributed by atoms with Gasteiger partial charge in [0.2, 0.25) is 0 Å². The highest BCUT2D eigenvalue weighted by molar-refractivity contribution is 4.86. The Morgan fingerprint density at radius 2 is 0.222 bits per heavy atom. The molecule has 0 aromatic heterocycles. The van der Waals surface area contributed by atoms with Gasteiger partial charge in [0.25, 0.3) is 0 Å². The smallest absolute Gasteiger partial charge is 0.0386 e. The Morgan fingerprint density at radius 1 is 0.139 bits per heavy atom. The molecule has 36 heavy (non-hydrogen) atoms. The van der Waals surface area contributed by atoms with Crippen LogP contribution in [0.15, 0.2) is 0 Å². The topological polar surface area (TPSA) is 0 Å². The molecule has 0 aliphatic rings. The zero-order chi connectivity index (χ0) is 28.8. The number of hydrogen-bond donors (Lipinski definition) is 0. The first-order chi connectivity index (χ1) is 16.3. The molecule has 0 saturated heterocycles. The van der Waals surface area contributed by atoms with Crippen molar-refractivity contribution in [1.29, 1.82) is 0 Å². The average molecular weight is 507 g/mol. The van der Waals surface area contributed by atoms with Crippen LogP contribution in [-0.4, -0.2) is 0 Å². The van der Waals surface area contributed by atoms with Crippen LogP contribution in [0.1, 0.15) is 132 Å². The molecule has 0 amide bonds. The third-order valence-electron chi connectivity index (χ3n) is 13.7. The van der Waals surface area contributed by atoms with E-state index in [-0.39, 0.29) is 0 Å². The third kappa shape index (κ3) is 9.04. The molecule has 14 unspecified atom stereocenters. The minimum atomic E-state index is 0.754. The lowest BCUT2D eigenvalue weighted by Gasteiger charge is -2.43. The number of hydrogen-bond acceptors (Lipinski definition) is 0. The van der Waals surface area contributed by atoms with E-state index in [9.17, 15) is 0 Å². The second-order valence-corrected chi connectivity index (χ2v) is 15.4. The molecule has 0 nitrogen and oxygen atoms in total. The molecule has 218 valence electrons. The Labute approximate surface area is 232 Å². The van der Waals surface area contributed by atoms with Crippen LogP contribution in [0.5, 0.6) is 0 Å². The highest BCUT2D eigenvalue weighted by atomic mass is 14.4.